The molecule has 7 heteroatoms. The van der Waals surface area contributed by atoms with Gasteiger partial charge in [-0.2, -0.15) is 0 Å². The van der Waals surface area contributed by atoms with Gasteiger partial charge in [-0.25, -0.2) is 13.4 Å². The number of nitrogens with zero attached hydrogens (tertiary/aromatic N) is 2. The van der Waals surface area contributed by atoms with E-state index >= 15 is 0 Å². The number of hydrogen-bond donors (Lipinski definition) is 0. The second kappa shape index (κ2) is 5.81. The van der Waals surface area contributed by atoms with Crippen molar-refractivity contribution >= 4 is 43.4 Å². The molecule has 1 aliphatic heterocycles. The molecule has 0 radical (unpaired) electrons. The van der Waals surface area contributed by atoms with E-state index < -0.39 is 9.84 Å². The van der Waals surface area contributed by atoms with E-state index in [-0.39, 0.29) is 23.5 Å². The van der Waals surface area contributed by atoms with Gasteiger partial charge in [0.1, 0.15) is 5.01 Å². The van der Waals surface area contributed by atoms with E-state index in [0.29, 0.717) is 6.42 Å². The molecule has 1 aromatic heterocycles. The van der Waals surface area contributed by atoms with Crippen LogP contribution in [0.25, 0.3) is 16.3 Å². The lowest BCUT2D eigenvalue weighted by atomic mass is 10.2. The molecule has 3 rings (SSSR count). The highest BCUT2D eigenvalue weighted by molar-refractivity contribution is 7.91. The second-order valence-electron chi connectivity index (χ2n) is 5.36. The fraction of sp³-hybridized carbons (Fsp3) is 0.333. The first-order valence-corrected chi connectivity index (χ1v) is 9.59. The number of hydrogen-bond acceptors (Lipinski definition) is 5. The first kappa shape index (κ1) is 15.2. The van der Waals surface area contributed by atoms with Crippen molar-refractivity contribution in [3.05, 3.63) is 35.3 Å². The Kier molecular flexibility index (Phi) is 4.01. The van der Waals surface area contributed by atoms with Crippen LogP contribution in [0, 0.1) is 0 Å². The topological polar surface area (TPSA) is 67.3 Å². The van der Waals surface area contributed by atoms with Gasteiger partial charge in [0.25, 0.3) is 0 Å². The number of aromatic nitrogens is 1. The lowest BCUT2D eigenvalue weighted by molar-refractivity contribution is -0.126. The SMILES string of the molecule is CN(C(=O)/C=C/c1nc2ccccc2s1)C1CCS(=O)(=O)C1. The smallest absolute Gasteiger partial charge is 0.246 e. The normalized spacial score (nSPS) is 20.7. The highest BCUT2D eigenvalue weighted by atomic mass is 32.2. The number of carbonyl (C=O) groups is 1. The van der Waals surface area contributed by atoms with Crippen molar-refractivity contribution in [3.63, 3.8) is 0 Å². The summed E-state index contributed by atoms with van der Waals surface area (Å²) in [7, 11) is -1.34. The molecule has 22 heavy (non-hydrogen) atoms. The van der Waals surface area contributed by atoms with Crippen molar-refractivity contribution in [2.45, 2.75) is 12.5 Å². The van der Waals surface area contributed by atoms with Crippen LogP contribution >= 0.6 is 11.3 Å². The van der Waals surface area contributed by atoms with Crippen LogP contribution in [0.5, 0.6) is 0 Å². The molecule has 0 bridgehead atoms. The molecule has 1 aromatic carbocycles. The van der Waals surface area contributed by atoms with Crippen molar-refractivity contribution in [2.75, 3.05) is 18.6 Å². The van der Waals surface area contributed by atoms with Crippen molar-refractivity contribution in [2.24, 2.45) is 0 Å². The Morgan fingerprint density at radius 3 is 2.86 bits per heavy atom. The number of para-hydroxylation sites is 1. The summed E-state index contributed by atoms with van der Waals surface area (Å²) < 4.78 is 24.0. The molecule has 1 fully saturated rings. The first-order chi connectivity index (χ1) is 10.4. The number of sulfone groups is 1. The molecule has 1 saturated heterocycles. The van der Waals surface area contributed by atoms with E-state index in [2.05, 4.69) is 4.98 Å². The lowest BCUT2D eigenvalue weighted by Gasteiger charge is -2.21. The molecule has 0 N–H and O–H groups in total. The molecule has 1 aliphatic rings. The van der Waals surface area contributed by atoms with Gasteiger partial charge >= 0.3 is 0 Å². The summed E-state index contributed by atoms with van der Waals surface area (Å²) in [5.74, 6) is 0.0301. The van der Waals surface area contributed by atoms with Gasteiger partial charge in [-0.15, -0.1) is 11.3 Å². The standard InChI is InChI=1S/C15H16N2O3S2/c1-17(11-8-9-22(19,20)10-11)15(18)7-6-14-16-12-4-2-3-5-13(12)21-14/h2-7,11H,8-10H2,1H3/b7-6+. The molecular formula is C15H16N2O3S2. The summed E-state index contributed by atoms with van der Waals surface area (Å²) in [6, 6.07) is 7.57. The molecule has 2 aromatic rings. The van der Waals surface area contributed by atoms with Gasteiger partial charge < -0.3 is 4.90 Å². The average molecular weight is 336 g/mol. The van der Waals surface area contributed by atoms with Gasteiger partial charge in [-0.3, -0.25) is 4.79 Å². The number of rotatable bonds is 3. The Bertz CT molecular complexity index is 806. The Morgan fingerprint density at radius 2 is 2.18 bits per heavy atom. The fourth-order valence-electron chi connectivity index (χ4n) is 2.48. The van der Waals surface area contributed by atoms with Gasteiger partial charge in [0, 0.05) is 19.2 Å². The second-order valence-corrected chi connectivity index (χ2v) is 8.65. The van der Waals surface area contributed by atoms with Crippen molar-refractivity contribution < 1.29 is 13.2 Å². The third kappa shape index (κ3) is 3.20. The number of likely N-dealkylation sites (N-methyl/N-ethyl adjacent to an activating group) is 1. The number of fused-ring (bicyclic) bond motifs is 1. The zero-order valence-electron chi connectivity index (χ0n) is 12.1. The largest absolute Gasteiger partial charge is 0.338 e. The monoisotopic (exact) mass is 336 g/mol. The maximum Gasteiger partial charge on any atom is 0.246 e. The summed E-state index contributed by atoms with van der Waals surface area (Å²) >= 11 is 1.52. The molecule has 1 amide bonds. The molecule has 0 saturated carbocycles. The van der Waals surface area contributed by atoms with Crippen LogP contribution in [0.15, 0.2) is 30.3 Å². The zero-order valence-corrected chi connectivity index (χ0v) is 13.7. The highest BCUT2D eigenvalue weighted by Crippen LogP contribution is 2.22. The Morgan fingerprint density at radius 1 is 1.41 bits per heavy atom. The Hall–Kier alpha value is -1.73. The van der Waals surface area contributed by atoms with Crippen LogP contribution in [-0.4, -0.2) is 48.8 Å². The van der Waals surface area contributed by atoms with E-state index in [1.807, 2.05) is 24.3 Å². The van der Waals surface area contributed by atoms with Crippen LogP contribution in [0.2, 0.25) is 0 Å². The van der Waals surface area contributed by atoms with E-state index in [0.717, 1.165) is 15.2 Å². The van der Waals surface area contributed by atoms with Crippen LogP contribution in [0.3, 0.4) is 0 Å². The van der Waals surface area contributed by atoms with Crippen LogP contribution < -0.4 is 0 Å². The van der Waals surface area contributed by atoms with Crippen LogP contribution in [0.1, 0.15) is 11.4 Å². The van der Waals surface area contributed by atoms with Gasteiger partial charge in [0.15, 0.2) is 9.84 Å². The minimum absolute atomic E-state index is 0.0597. The maximum atomic E-state index is 12.2. The number of amides is 1. The summed E-state index contributed by atoms with van der Waals surface area (Å²) in [5, 5.41) is 0.766. The Labute approximate surface area is 133 Å². The molecule has 1 atom stereocenters. The lowest BCUT2D eigenvalue weighted by Crippen LogP contribution is -2.36. The summed E-state index contributed by atoms with van der Waals surface area (Å²) in [6.45, 7) is 0. The molecule has 5 nitrogen and oxygen atoms in total. The quantitative estimate of drug-likeness (QED) is 0.804. The van der Waals surface area contributed by atoms with Gasteiger partial charge in [-0.1, -0.05) is 12.1 Å². The van der Waals surface area contributed by atoms with Crippen LogP contribution in [-0.2, 0) is 14.6 Å². The van der Waals surface area contributed by atoms with E-state index in [1.165, 1.54) is 22.3 Å². The molecule has 1 unspecified atom stereocenters. The first-order valence-electron chi connectivity index (χ1n) is 6.95. The van der Waals surface area contributed by atoms with Crippen molar-refractivity contribution in [1.29, 1.82) is 0 Å². The maximum absolute atomic E-state index is 12.2. The van der Waals surface area contributed by atoms with E-state index in [1.54, 1.807) is 13.1 Å². The number of carbonyl (C=O) groups excluding carboxylic acids is 1. The predicted octanol–water partition coefficient (Wildman–Crippen LogP) is 1.96. The van der Waals surface area contributed by atoms with Crippen molar-refractivity contribution in [1.82, 2.24) is 9.88 Å². The van der Waals surface area contributed by atoms with Gasteiger partial charge in [0.05, 0.1) is 21.7 Å². The highest BCUT2D eigenvalue weighted by Gasteiger charge is 2.32. The molecule has 116 valence electrons. The van der Waals surface area contributed by atoms with Gasteiger partial charge in [0.2, 0.25) is 5.91 Å². The van der Waals surface area contributed by atoms with E-state index in [9.17, 15) is 13.2 Å². The van der Waals surface area contributed by atoms with Gasteiger partial charge in [-0.05, 0) is 24.6 Å². The summed E-state index contributed by atoms with van der Waals surface area (Å²) in [4.78, 5) is 18.1. The molecule has 2 heterocycles. The number of thiazole rings is 1. The minimum atomic E-state index is -2.99. The summed E-state index contributed by atoms with van der Waals surface area (Å²) in [6.07, 6.45) is 3.66. The Balaban J connectivity index is 1.70. The molecule has 0 aliphatic carbocycles. The third-order valence-electron chi connectivity index (χ3n) is 3.78. The molecular weight excluding hydrogens is 320 g/mol. The minimum Gasteiger partial charge on any atom is -0.338 e. The van der Waals surface area contributed by atoms with Crippen molar-refractivity contribution in [3.8, 4) is 0 Å². The average Bonchev–Trinajstić information content (AvgIpc) is 3.06. The number of benzene rings is 1. The zero-order chi connectivity index (χ0) is 15.7. The third-order valence-corrected chi connectivity index (χ3v) is 6.53. The predicted molar refractivity (Wildman–Crippen MR) is 88.5 cm³/mol. The fourth-order valence-corrected chi connectivity index (χ4v) is 5.13. The van der Waals surface area contributed by atoms with E-state index in [4.69, 9.17) is 0 Å². The van der Waals surface area contributed by atoms with Crippen LogP contribution in [0.4, 0.5) is 0 Å². The molecule has 0 spiro atoms. The summed E-state index contributed by atoms with van der Waals surface area (Å²) in [5.41, 5.74) is 0.912.